The second-order valence-corrected chi connectivity index (χ2v) is 4.19. The summed E-state index contributed by atoms with van der Waals surface area (Å²) in [4.78, 5) is 3.75. The van der Waals surface area contributed by atoms with Gasteiger partial charge in [-0.3, -0.25) is 0 Å². The van der Waals surface area contributed by atoms with E-state index < -0.39 is 5.95 Å². The lowest BCUT2D eigenvalue weighted by molar-refractivity contribution is 0.274. The van der Waals surface area contributed by atoms with Gasteiger partial charge in [0.15, 0.2) is 0 Å². The van der Waals surface area contributed by atoms with Crippen molar-refractivity contribution in [2.45, 2.75) is 6.61 Å². The first kappa shape index (κ1) is 12.3. The quantitative estimate of drug-likeness (QED) is 0.846. The number of aliphatic hydroxyl groups is 1. The summed E-state index contributed by atoms with van der Waals surface area (Å²) in [6.45, 7) is -0.387. The van der Waals surface area contributed by atoms with E-state index in [1.165, 1.54) is 6.07 Å². The third kappa shape index (κ3) is 2.41. The molecule has 0 aliphatic rings. The van der Waals surface area contributed by atoms with Crippen molar-refractivity contribution in [3.63, 3.8) is 0 Å². The predicted octanol–water partition coefficient (Wildman–Crippen LogP) is 3.69. The van der Waals surface area contributed by atoms with Gasteiger partial charge in [-0.15, -0.1) is 0 Å². The second kappa shape index (κ2) is 5.00. The number of aliphatic hydroxyl groups excluding tert-OH is 1. The van der Waals surface area contributed by atoms with Crippen molar-refractivity contribution in [2.75, 3.05) is 0 Å². The van der Waals surface area contributed by atoms with Gasteiger partial charge in [0.1, 0.15) is 0 Å². The summed E-state index contributed by atoms with van der Waals surface area (Å²) in [6.07, 6.45) is 0. The molecule has 1 N–H and O–H groups in total. The number of halogens is 3. The Bertz CT molecular complexity index is 560. The number of hydrogen-bond donors (Lipinski definition) is 1. The van der Waals surface area contributed by atoms with Crippen molar-refractivity contribution in [3.05, 3.63) is 51.9 Å². The summed E-state index contributed by atoms with van der Waals surface area (Å²) in [5.74, 6) is -0.707. The van der Waals surface area contributed by atoms with E-state index in [2.05, 4.69) is 4.98 Å². The SMILES string of the molecule is OCc1ccc(-c2cccc(Cl)c2Cl)nc1F. The van der Waals surface area contributed by atoms with Gasteiger partial charge in [0.25, 0.3) is 0 Å². The Morgan fingerprint density at radius 2 is 1.94 bits per heavy atom. The van der Waals surface area contributed by atoms with Crippen LogP contribution in [0.5, 0.6) is 0 Å². The van der Waals surface area contributed by atoms with Crippen molar-refractivity contribution in [1.29, 1.82) is 0 Å². The second-order valence-electron chi connectivity index (χ2n) is 3.41. The molecular weight excluding hydrogens is 264 g/mol. The monoisotopic (exact) mass is 271 g/mol. The molecule has 2 nitrogen and oxygen atoms in total. The Hall–Kier alpha value is -1.16. The third-order valence-corrected chi connectivity index (χ3v) is 3.14. The van der Waals surface area contributed by atoms with Crippen molar-refractivity contribution in [3.8, 4) is 11.3 Å². The first-order valence-electron chi connectivity index (χ1n) is 4.84. The summed E-state index contributed by atoms with van der Waals surface area (Å²) in [6, 6.07) is 8.12. The molecule has 0 fully saturated rings. The number of nitrogens with zero attached hydrogens (tertiary/aromatic N) is 1. The van der Waals surface area contributed by atoms with Gasteiger partial charge in [0.05, 0.1) is 22.3 Å². The Kier molecular flexibility index (Phi) is 3.62. The highest BCUT2D eigenvalue weighted by Crippen LogP contribution is 2.32. The molecule has 1 heterocycles. The summed E-state index contributed by atoms with van der Waals surface area (Å²) >= 11 is 11.9. The zero-order valence-corrected chi connectivity index (χ0v) is 10.1. The minimum absolute atomic E-state index is 0.145. The minimum Gasteiger partial charge on any atom is -0.392 e. The molecule has 0 unspecified atom stereocenters. The van der Waals surface area contributed by atoms with Gasteiger partial charge in [-0.2, -0.15) is 4.39 Å². The van der Waals surface area contributed by atoms with Crippen LogP contribution in [-0.4, -0.2) is 10.1 Å². The van der Waals surface area contributed by atoms with Gasteiger partial charge in [-0.05, 0) is 18.2 Å². The summed E-state index contributed by atoms with van der Waals surface area (Å²) in [5, 5.41) is 9.57. The van der Waals surface area contributed by atoms with Gasteiger partial charge in [0.2, 0.25) is 5.95 Å². The van der Waals surface area contributed by atoms with E-state index in [0.717, 1.165) is 0 Å². The molecule has 2 aromatic rings. The fourth-order valence-corrected chi connectivity index (χ4v) is 1.83. The zero-order chi connectivity index (χ0) is 12.4. The summed E-state index contributed by atoms with van der Waals surface area (Å²) < 4.78 is 13.4. The number of aromatic nitrogens is 1. The molecule has 1 aromatic carbocycles. The third-order valence-electron chi connectivity index (χ3n) is 2.32. The normalized spacial score (nSPS) is 10.6. The van der Waals surface area contributed by atoms with Crippen molar-refractivity contribution in [2.24, 2.45) is 0 Å². The zero-order valence-electron chi connectivity index (χ0n) is 8.62. The molecule has 0 saturated heterocycles. The molecule has 0 saturated carbocycles. The summed E-state index contributed by atoms with van der Waals surface area (Å²) in [7, 11) is 0. The van der Waals surface area contributed by atoms with Crippen LogP contribution >= 0.6 is 23.2 Å². The fourth-order valence-electron chi connectivity index (χ4n) is 1.43. The molecule has 0 aliphatic carbocycles. The molecule has 0 bridgehead atoms. The molecule has 17 heavy (non-hydrogen) atoms. The summed E-state index contributed by atoms with van der Waals surface area (Å²) in [5.41, 5.74) is 1.08. The lowest BCUT2D eigenvalue weighted by Gasteiger charge is -2.06. The van der Waals surface area contributed by atoms with E-state index in [-0.39, 0.29) is 12.2 Å². The van der Waals surface area contributed by atoms with Gasteiger partial charge in [-0.25, -0.2) is 4.98 Å². The Morgan fingerprint density at radius 1 is 1.18 bits per heavy atom. The van der Waals surface area contributed by atoms with Gasteiger partial charge >= 0.3 is 0 Å². The maximum atomic E-state index is 13.4. The molecule has 0 spiro atoms. The molecule has 0 radical (unpaired) electrons. The van der Waals surface area contributed by atoms with Gasteiger partial charge in [-0.1, -0.05) is 35.3 Å². The van der Waals surface area contributed by atoms with Crippen LogP contribution in [0.2, 0.25) is 10.0 Å². The predicted molar refractivity (Wildman–Crippen MR) is 65.6 cm³/mol. The topological polar surface area (TPSA) is 33.1 Å². The number of rotatable bonds is 2. The molecule has 0 atom stereocenters. The number of benzene rings is 1. The van der Waals surface area contributed by atoms with Gasteiger partial charge < -0.3 is 5.11 Å². The van der Waals surface area contributed by atoms with E-state index in [1.54, 1.807) is 24.3 Å². The van der Waals surface area contributed by atoms with Crippen LogP contribution in [0, 0.1) is 5.95 Å². The van der Waals surface area contributed by atoms with E-state index in [9.17, 15) is 4.39 Å². The molecule has 0 amide bonds. The highest BCUT2D eigenvalue weighted by molar-refractivity contribution is 6.43. The molecule has 5 heteroatoms. The average Bonchev–Trinajstić information content (AvgIpc) is 2.32. The van der Waals surface area contributed by atoms with Crippen LogP contribution in [0.3, 0.4) is 0 Å². The Morgan fingerprint density at radius 3 is 2.59 bits per heavy atom. The molecule has 2 rings (SSSR count). The maximum Gasteiger partial charge on any atom is 0.218 e. The fraction of sp³-hybridized carbons (Fsp3) is 0.0833. The van der Waals surface area contributed by atoms with Crippen molar-refractivity contribution < 1.29 is 9.50 Å². The van der Waals surface area contributed by atoms with E-state index in [4.69, 9.17) is 28.3 Å². The molecule has 88 valence electrons. The standard InChI is InChI=1S/C12H8Cl2FNO/c13-9-3-1-2-8(11(9)14)10-5-4-7(6-17)12(15)16-10/h1-5,17H,6H2. The van der Waals surface area contributed by atoms with Crippen molar-refractivity contribution in [1.82, 2.24) is 4.98 Å². The van der Waals surface area contributed by atoms with Crippen LogP contribution in [0.1, 0.15) is 5.56 Å². The van der Waals surface area contributed by atoms with Gasteiger partial charge in [0, 0.05) is 11.1 Å². The minimum atomic E-state index is -0.707. The van der Waals surface area contributed by atoms with Crippen LogP contribution in [0.4, 0.5) is 4.39 Å². The smallest absolute Gasteiger partial charge is 0.218 e. The van der Waals surface area contributed by atoms with Crippen molar-refractivity contribution >= 4 is 23.2 Å². The first-order valence-corrected chi connectivity index (χ1v) is 5.59. The maximum absolute atomic E-state index is 13.4. The molecular formula is C12H8Cl2FNO. The highest BCUT2D eigenvalue weighted by atomic mass is 35.5. The molecule has 0 aliphatic heterocycles. The number of hydrogen-bond acceptors (Lipinski definition) is 2. The van der Waals surface area contributed by atoms with E-state index >= 15 is 0 Å². The molecule has 1 aromatic heterocycles. The largest absolute Gasteiger partial charge is 0.392 e. The van der Waals surface area contributed by atoms with Crippen LogP contribution in [0.25, 0.3) is 11.3 Å². The average molecular weight is 272 g/mol. The Balaban J connectivity index is 2.54. The van der Waals surface area contributed by atoms with E-state index in [1.807, 2.05) is 0 Å². The van der Waals surface area contributed by atoms with E-state index in [0.29, 0.717) is 21.3 Å². The number of pyridine rings is 1. The highest BCUT2D eigenvalue weighted by Gasteiger charge is 2.10. The first-order chi connectivity index (χ1) is 8.13. The lowest BCUT2D eigenvalue weighted by atomic mass is 10.1. The Labute approximate surface area is 108 Å². The van der Waals surface area contributed by atoms with Crippen LogP contribution < -0.4 is 0 Å². The van der Waals surface area contributed by atoms with Crippen LogP contribution in [0.15, 0.2) is 30.3 Å². The van der Waals surface area contributed by atoms with Crippen LogP contribution in [-0.2, 0) is 6.61 Å². The lowest BCUT2D eigenvalue weighted by Crippen LogP contribution is -1.95.